The van der Waals surface area contributed by atoms with Gasteiger partial charge in [0, 0.05) is 55.7 Å². The Labute approximate surface area is 206 Å². The molecule has 0 N–H and O–H groups in total. The Morgan fingerprint density at radius 3 is 2.57 bits per heavy atom. The van der Waals surface area contributed by atoms with Crippen molar-refractivity contribution in [3.63, 3.8) is 0 Å². The number of alkyl halides is 3. The van der Waals surface area contributed by atoms with E-state index in [9.17, 15) is 18.0 Å². The normalized spacial score (nSPS) is 14.7. The van der Waals surface area contributed by atoms with Crippen molar-refractivity contribution in [2.75, 3.05) is 39.4 Å². The van der Waals surface area contributed by atoms with Crippen LogP contribution in [0.5, 0.6) is 0 Å². The first-order chi connectivity index (χ1) is 16.8. The molecule has 1 amide bonds. The molecule has 2 aromatic carbocycles. The summed E-state index contributed by atoms with van der Waals surface area (Å²) in [7, 11) is 0. The molecule has 4 rings (SSSR count). The third-order valence-corrected chi connectivity index (χ3v) is 6.16. The molecule has 0 unspecified atom stereocenters. The second-order valence-corrected chi connectivity index (χ2v) is 8.79. The van der Waals surface area contributed by atoms with Crippen LogP contribution in [0.1, 0.15) is 27.3 Å². The standard InChI is InChI=1S/C25H26ClF3N4O2/c26-22-6-4-20(5-7-22)24(34)33(11-10-31-12-14-35-15-13-31)18-23-30-8-9-32(23)17-19-2-1-3-21(16-19)25(27,28)29/h1-9,16H,10-15,17-18H2. The SMILES string of the molecule is O=C(c1ccc(Cl)cc1)N(CCN1CCOCC1)Cc1nccn1Cc1cccc(C(F)(F)F)c1. The fourth-order valence-corrected chi connectivity index (χ4v) is 4.09. The van der Waals surface area contributed by atoms with E-state index in [2.05, 4.69) is 9.88 Å². The van der Waals surface area contributed by atoms with Gasteiger partial charge in [-0.1, -0.05) is 23.7 Å². The number of hydrogen-bond acceptors (Lipinski definition) is 4. The Morgan fingerprint density at radius 2 is 1.86 bits per heavy atom. The van der Waals surface area contributed by atoms with Crippen molar-refractivity contribution >= 4 is 17.5 Å². The highest BCUT2D eigenvalue weighted by atomic mass is 35.5. The van der Waals surface area contributed by atoms with Gasteiger partial charge in [0.1, 0.15) is 5.82 Å². The first-order valence-electron chi connectivity index (χ1n) is 11.3. The molecule has 1 saturated heterocycles. The fourth-order valence-electron chi connectivity index (χ4n) is 3.96. The van der Waals surface area contributed by atoms with E-state index in [0.717, 1.165) is 25.2 Å². The van der Waals surface area contributed by atoms with Crippen molar-refractivity contribution in [3.05, 3.63) is 88.5 Å². The van der Waals surface area contributed by atoms with Crippen molar-refractivity contribution in [1.29, 1.82) is 0 Å². The zero-order chi connectivity index (χ0) is 24.8. The Morgan fingerprint density at radius 1 is 1.11 bits per heavy atom. The molecule has 3 aromatic rings. The molecule has 0 bridgehead atoms. The van der Waals surface area contributed by atoms with Gasteiger partial charge in [-0.3, -0.25) is 9.69 Å². The number of aromatic nitrogens is 2. The van der Waals surface area contributed by atoms with Crippen LogP contribution in [0.25, 0.3) is 0 Å². The van der Waals surface area contributed by atoms with E-state index in [1.165, 1.54) is 6.07 Å². The number of halogens is 4. The minimum Gasteiger partial charge on any atom is -0.379 e. The van der Waals surface area contributed by atoms with Crippen LogP contribution in [-0.4, -0.2) is 64.7 Å². The minimum absolute atomic E-state index is 0.163. The van der Waals surface area contributed by atoms with Crippen LogP contribution in [0.15, 0.2) is 60.9 Å². The highest BCUT2D eigenvalue weighted by Gasteiger charge is 2.30. The lowest BCUT2D eigenvalue weighted by Gasteiger charge is -2.30. The quantitative estimate of drug-likeness (QED) is 0.449. The van der Waals surface area contributed by atoms with Crippen molar-refractivity contribution < 1.29 is 22.7 Å². The van der Waals surface area contributed by atoms with Gasteiger partial charge in [0.05, 0.1) is 25.3 Å². The van der Waals surface area contributed by atoms with Crippen LogP contribution in [0, 0.1) is 0 Å². The zero-order valence-corrected chi connectivity index (χ0v) is 19.8. The summed E-state index contributed by atoms with van der Waals surface area (Å²) in [5, 5.41) is 0.540. The number of nitrogens with zero attached hydrogens (tertiary/aromatic N) is 4. The van der Waals surface area contributed by atoms with Crippen molar-refractivity contribution in [2.45, 2.75) is 19.3 Å². The first-order valence-corrected chi connectivity index (χ1v) is 11.7. The lowest BCUT2D eigenvalue weighted by atomic mass is 10.1. The number of carbonyl (C=O) groups excluding carboxylic acids is 1. The summed E-state index contributed by atoms with van der Waals surface area (Å²) in [6.07, 6.45) is -1.10. The summed E-state index contributed by atoms with van der Waals surface area (Å²) in [6, 6.07) is 11.9. The molecule has 6 nitrogen and oxygen atoms in total. The molecular formula is C25H26ClF3N4O2. The maximum absolute atomic E-state index is 13.4. The zero-order valence-electron chi connectivity index (χ0n) is 19.0. The average molecular weight is 507 g/mol. The average Bonchev–Trinajstić information content (AvgIpc) is 3.28. The number of imidazole rings is 1. The van der Waals surface area contributed by atoms with E-state index < -0.39 is 11.7 Å². The summed E-state index contributed by atoms with van der Waals surface area (Å²) in [5.74, 6) is 0.426. The van der Waals surface area contributed by atoms with Crippen LogP contribution in [0.2, 0.25) is 5.02 Å². The number of ether oxygens (including phenoxy) is 1. The molecule has 1 aromatic heterocycles. The molecule has 10 heteroatoms. The first kappa shape index (κ1) is 25.2. The number of amides is 1. The molecule has 1 aliphatic heterocycles. The van der Waals surface area contributed by atoms with Gasteiger partial charge in [-0.15, -0.1) is 0 Å². The minimum atomic E-state index is -4.41. The molecule has 0 atom stereocenters. The Hall–Kier alpha value is -2.88. The Balaban J connectivity index is 1.52. The molecule has 0 saturated carbocycles. The Bertz CT molecular complexity index is 1130. The number of rotatable bonds is 8. The lowest BCUT2D eigenvalue weighted by molar-refractivity contribution is -0.137. The van der Waals surface area contributed by atoms with Gasteiger partial charge in [0.15, 0.2) is 0 Å². The van der Waals surface area contributed by atoms with Gasteiger partial charge in [-0.2, -0.15) is 13.2 Å². The second-order valence-electron chi connectivity index (χ2n) is 8.36. The third-order valence-electron chi connectivity index (χ3n) is 5.91. The molecule has 0 radical (unpaired) electrons. The van der Waals surface area contributed by atoms with Gasteiger partial charge in [0.25, 0.3) is 5.91 Å². The van der Waals surface area contributed by atoms with Crippen LogP contribution >= 0.6 is 11.6 Å². The molecule has 0 spiro atoms. The second kappa shape index (κ2) is 11.2. The summed E-state index contributed by atoms with van der Waals surface area (Å²) >= 11 is 5.98. The number of hydrogen-bond donors (Lipinski definition) is 0. The predicted molar refractivity (Wildman–Crippen MR) is 126 cm³/mol. The summed E-state index contributed by atoms with van der Waals surface area (Å²) < 4.78 is 46.6. The van der Waals surface area contributed by atoms with Gasteiger partial charge in [0.2, 0.25) is 0 Å². The molecule has 186 valence electrons. The van der Waals surface area contributed by atoms with E-state index >= 15 is 0 Å². The fraction of sp³-hybridized carbons (Fsp3) is 0.360. The van der Waals surface area contributed by atoms with E-state index in [1.54, 1.807) is 52.2 Å². The van der Waals surface area contributed by atoms with Crippen LogP contribution in [-0.2, 0) is 24.0 Å². The van der Waals surface area contributed by atoms with Gasteiger partial charge in [-0.05, 0) is 42.0 Å². The van der Waals surface area contributed by atoms with Crippen molar-refractivity contribution in [3.8, 4) is 0 Å². The summed E-state index contributed by atoms with van der Waals surface area (Å²) in [6.45, 7) is 4.50. The third kappa shape index (κ3) is 6.84. The van der Waals surface area contributed by atoms with E-state index in [1.807, 2.05) is 0 Å². The van der Waals surface area contributed by atoms with E-state index in [-0.39, 0.29) is 19.0 Å². The van der Waals surface area contributed by atoms with Crippen LogP contribution in [0.4, 0.5) is 13.2 Å². The van der Waals surface area contributed by atoms with Crippen LogP contribution in [0.3, 0.4) is 0 Å². The maximum Gasteiger partial charge on any atom is 0.416 e. The predicted octanol–water partition coefficient (Wildman–Crippen LogP) is 4.58. The number of benzene rings is 2. The van der Waals surface area contributed by atoms with Gasteiger partial charge >= 0.3 is 6.18 Å². The Kier molecular flexibility index (Phi) is 8.10. The molecule has 1 fully saturated rings. The smallest absolute Gasteiger partial charge is 0.379 e. The van der Waals surface area contributed by atoms with Crippen LogP contribution < -0.4 is 0 Å². The molecule has 35 heavy (non-hydrogen) atoms. The highest BCUT2D eigenvalue weighted by Crippen LogP contribution is 2.29. The number of morpholine rings is 1. The number of carbonyl (C=O) groups is 1. The lowest BCUT2D eigenvalue weighted by Crippen LogP contribution is -2.43. The topological polar surface area (TPSA) is 50.6 Å². The monoisotopic (exact) mass is 506 g/mol. The summed E-state index contributed by atoms with van der Waals surface area (Å²) in [5.41, 5.74) is 0.317. The van der Waals surface area contributed by atoms with E-state index in [4.69, 9.17) is 16.3 Å². The maximum atomic E-state index is 13.4. The van der Waals surface area contributed by atoms with E-state index in [0.29, 0.717) is 48.3 Å². The molecule has 2 heterocycles. The molecule has 0 aliphatic carbocycles. The molecular weight excluding hydrogens is 481 g/mol. The van der Waals surface area contributed by atoms with Crippen molar-refractivity contribution in [2.24, 2.45) is 0 Å². The van der Waals surface area contributed by atoms with Gasteiger partial charge in [-0.25, -0.2) is 4.98 Å². The highest BCUT2D eigenvalue weighted by molar-refractivity contribution is 6.30. The van der Waals surface area contributed by atoms with Gasteiger partial charge < -0.3 is 14.2 Å². The molecule has 1 aliphatic rings. The van der Waals surface area contributed by atoms with Crippen molar-refractivity contribution in [1.82, 2.24) is 19.4 Å². The largest absolute Gasteiger partial charge is 0.416 e. The summed E-state index contributed by atoms with van der Waals surface area (Å²) in [4.78, 5) is 21.7.